The van der Waals surface area contributed by atoms with E-state index in [4.69, 9.17) is 18.8 Å². The maximum atomic E-state index is 6.18. The second kappa shape index (κ2) is 9.99. The van der Waals surface area contributed by atoms with Crippen molar-refractivity contribution in [3.8, 4) is 0 Å². The summed E-state index contributed by atoms with van der Waals surface area (Å²) in [6.07, 6.45) is 3.05. The van der Waals surface area contributed by atoms with E-state index in [0.29, 0.717) is 24.6 Å². The van der Waals surface area contributed by atoms with E-state index in [1.807, 2.05) is 88.4 Å². The Balaban J connectivity index is 1.80. The highest BCUT2D eigenvalue weighted by Gasteiger charge is 2.52. The van der Waals surface area contributed by atoms with Crippen molar-refractivity contribution in [3.05, 3.63) is 95.8 Å². The summed E-state index contributed by atoms with van der Waals surface area (Å²) in [5.74, 6) is 0.352. The second-order valence-electron chi connectivity index (χ2n) is 8.36. The van der Waals surface area contributed by atoms with Gasteiger partial charge in [-0.25, -0.2) is 0 Å². The first kappa shape index (κ1) is 22.9. The average molecular weight is 419 g/mol. The summed E-state index contributed by atoms with van der Waals surface area (Å²) in [7, 11) is -0.639. The maximum Gasteiger partial charge on any atom is 0.500 e. The first-order valence-electron chi connectivity index (χ1n) is 10.4. The van der Waals surface area contributed by atoms with E-state index in [0.717, 1.165) is 11.1 Å². The van der Waals surface area contributed by atoms with Gasteiger partial charge in [0.05, 0.1) is 11.2 Å². The predicted octanol–water partition coefficient (Wildman–Crippen LogP) is 5.48. The molecule has 0 amide bonds. The highest BCUT2D eigenvalue weighted by molar-refractivity contribution is 6.55. The standard InChI is InChI=1S/C25H30BNO4/c1-6-22(26-30-24(2,3)25(4,5)31-26)23(29-18-21-15-11-8-12-16-21)27-19-28-17-20-13-9-7-10-14-20/h6-16,19H,1,17-18H2,2-5H3/b23-22-,27-19+. The molecule has 0 unspecified atom stereocenters. The number of rotatable bonds is 9. The average Bonchev–Trinajstić information content (AvgIpc) is 2.97. The SMILES string of the molecule is C=C/C(B1OC(C)(C)C(C)(C)O1)=C(\N=C\OCc1ccccc1)OCc1ccccc1. The third kappa shape index (κ3) is 5.87. The molecule has 0 aromatic heterocycles. The zero-order valence-corrected chi connectivity index (χ0v) is 18.7. The van der Waals surface area contributed by atoms with Crippen LogP contribution in [0.4, 0.5) is 0 Å². The van der Waals surface area contributed by atoms with Gasteiger partial charge in [-0.1, -0.05) is 73.3 Å². The van der Waals surface area contributed by atoms with Gasteiger partial charge < -0.3 is 18.8 Å². The minimum atomic E-state index is -0.639. The topological polar surface area (TPSA) is 49.3 Å². The number of hydrogen-bond acceptors (Lipinski definition) is 5. The van der Waals surface area contributed by atoms with Crippen LogP contribution in [0.15, 0.2) is 89.7 Å². The predicted molar refractivity (Wildman–Crippen MR) is 124 cm³/mol. The van der Waals surface area contributed by atoms with Gasteiger partial charge in [0.1, 0.15) is 13.2 Å². The Labute approximate surface area is 185 Å². The Bertz CT molecular complexity index is 907. The molecule has 5 nitrogen and oxygen atoms in total. The molecule has 1 fully saturated rings. The Morgan fingerprint density at radius 3 is 1.94 bits per heavy atom. The molecule has 0 bridgehead atoms. The molecule has 1 saturated heterocycles. The molecule has 0 spiro atoms. The van der Waals surface area contributed by atoms with Gasteiger partial charge in [0.15, 0.2) is 6.40 Å². The molecule has 1 heterocycles. The summed E-state index contributed by atoms with van der Waals surface area (Å²) >= 11 is 0. The summed E-state index contributed by atoms with van der Waals surface area (Å²) in [6, 6.07) is 19.8. The fourth-order valence-electron chi connectivity index (χ4n) is 2.97. The molecule has 0 N–H and O–H groups in total. The highest BCUT2D eigenvalue weighted by atomic mass is 16.7. The molecule has 162 valence electrons. The van der Waals surface area contributed by atoms with Crippen molar-refractivity contribution >= 4 is 13.5 Å². The number of ether oxygens (including phenoxy) is 2. The fraction of sp³-hybridized carbons (Fsp3) is 0.320. The minimum Gasteiger partial charge on any atom is -0.478 e. The largest absolute Gasteiger partial charge is 0.500 e. The quantitative estimate of drug-likeness (QED) is 0.178. The molecule has 6 heteroatoms. The third-order valence-corrected chi connectivity index (χ3v) is 5.53. The van der Waals surface area contributed by atoms with E-state index >= 15 is 0 Å². The molecule has 1 aliphatic heterocycles. The van der Waals surface area contributed by atoms with E-state index in [1.165, 1.54) is 6.40 Å². The van der Waals surface area contributed by atoms with Crippen LogP contribution in [0.1, 0.15) is 38.8 Å². The van der Waals surface area contributed by atoms with Crippen LogP contribution in [0.5, 0.6) is 0 Å². The summed E-state index contributed by atoms with van der Waals surface area (Å²) < 4.78 is 24.0. The van der Waals surface area contributed by atoms with Crippen molar-refractivity contribution in [1.29, 1.82) is 0 Å². The third-order valence-electron chi connectivity index (χ3n) is 5.53. The van der Waals surface area contributed by atoms with E-state index in [9.17, 15) is 0 Å². The van der Waals surface area contributed by atoms with E-state index in [2.05, 4.69) is 11.6 Å². The summed E-state index contributed by atoms with van der Waals surface area (Å²) in [5, 5.41) is 0. The Kier molecular flexibility index (Phi) is 7.36. The molecule has 0 aliphatic carbocycles. The van der Waals surface area contributed by atoms with Crippen LogP contribution >= 0.6 is 0 Å². The van der Waals surface area contributed by atoms with E-state index < -0.39 is 18.3 Å². The van der Waals surface area contributed by atoms with Crippen molar-refractivity contribution in [2.75, 3.05) is 0 Å². The van der Waals surface area contributed by atoms with Crippen LogP contribution in [0.3, 0.4) is 0 Å². The summed E-state index contributed by atoms with van der Waals surface area (Å²) in [4.78, 5) is 4.44. The molecule has 3 rings (SSSR count). The van der Waals surface area contributed by atoms with Gasteiger partial charge in [-0.3, -0.25) is 0 Å². The smallest absolute Gasteiger partial charge is 0.478 e. The second-order valence-corrected chi connectivity index (χ2v) is 8.36. The Hall–Kier alpha value is -2.83. The highest BCUT2D eigenvalue weighted by Crippen LogP contribution is 2.39. The van der Waals surface area contributed by atoms with Crippen molar-refractivity contribution in [2.45, 2.75) is 52.1 Å². The van der Waals surface area contributed by atoms with Gasteiger partial charge in [0.25, 0.3) is 0 Å². The van der Waals surface area contributed by atoms with Crippen LogP contribution in [-0.4, -0.2) is 24.7 Å². The molecule has 0 radical (unpaired) electrons. The van der Waals surface area contributed by atoms with Crippen molar-refractivity contribution in [2.24, 2.45) is 4.99 Å². The normalized spacial score (nSPS) is 18.0. The maximum absolute atomic E-state index is 6.18. The van der Waals surface area contributed by atoms with Crippen molar-refractivity contribution in [1.82, 2.24) is 0 Å². The molecule has 2 aromatic carbocycles. The summed E-state index contributed by atoms with van der Waals surface area (Å²) in [6.45, 7) is 12.7. The molecule has 0 atom stereocenters. The Morgan fingerprint density at radius 2 is 1.42 bits per heavy atom. The molecule has 0 saturated carbocycles. The first-order valence-corrected chi connectivity index (χ1v) is 10.4. The van der Waals surface area contributed by atoms with Crippen LogP contribution in [0.25, 0.3) is 0 Å². The molecule has 1 aliphatic rings. The molecule has 31 heavy (non-hydrogen) atoms. The summed E-state index contributed by atoms with van der Waals surface area (Å²) in [5.41, 5.74) is 1.74. The lowest BCUT2D eigenvalue weighted by Gasteiger charge is -2.32. The number of nitrogens with zero attached hydrogens (tertiary/aromatic N) is 1. The van der Waals surface area contributed by atoms with Gasteiger partial charge in [0.2, 0.25) is 5.88 Å². The monoisotopic (exact) mass is 419 g/mol. The number of allylic oxidation sites excluding steroid dienone is 2. The van der Waals surface area contributed by atoms with E-state index in [1.54, 1.807) is 6.08 Å². The molecular weight excluding hydrogens is 389 g/mol. The number of aliphatic imine (C=N–C) groups is 1. The van der Waals surface area contributed by atoms with Crippen LogP contribution in [-0.2, 0) is 32.0 Å². The van der Waals surface area contributed by atoms with Crippen LogP contribution < -0.4 is 0 Å². The van der Waals surface area contributed by atoms with Gasteiger partial charge in [-0.2, -0.15) is 4.99 Å². The lowest BCUT2D eigenvalue weighted by atomic mass is 9.78. The lowest BCUT2D eigenvalue weighted by Crippen LogP contribution is -2.41. The fourth-order valence-corrected chi connectivity index (χ4v) is 2.97. The van der Waals surface area contributed by atoms with E-state index in [-0.39, 0.29) is 0 Å². The lowest BCUT2D eigenvalue weighted by molar-refractivity contribution is 0.00578. The first-order chi connectivity index (χ1) is 14.8. The van der Waals surface area contributed by atoms with Gasteiger partial charge >= 0.3 is 7.12 Å². The zero-order chi connectivity index (χ0) is 22.3. The number of benzene rings is 2. The zero-order valence-electron chi connectivity index (χ0n) is 18.7. The van der Waals surface area contributed by atoms with Crippen molar-refractivity contribution in [3.63, 3.8) is 0 Å². The molecular formula is C25H30BNO4. The molecule has 2 aromatic rings. The minimum absolute atomic E-state index is 0.350. The van der Waals surface area contributed by atoms with Gasteiger partial charge in [-0.05, 0) is 38.8 Å². The van der Waals surface area contributed by atoms with Gasteiger partial charge in [-0.15, -0.1) is 0 Å². The Morgan fingerprint density at radius 1 is 0.903 bits per heavy atom. The number of hydrogen-bond donors (Lipinski definition) is 0. The van der Waals surface area contributed by atoms with Gasteiger partial charge in [0, 0.05) is 5.47 Å². The van der Waals surface area contributed by atoms with Crippen LogP contribution in [0, 0.1) is 0 Å². The van der Waals surface area contributed by atoms with Crippen LogP contribution in [0.2, 0.25) is 0 Å². The van der Waals surface area contributed by atoms with Crippen molar-refractivity contribution < 1.29 is 18.8 Å².